The maximum Gasteiger partial charge on any atom is 0.167 e. The van der Waals surface area contributed by atoms with Crippen molar-refractivity contribution in [1.82, 2.24) is 0 Å². The van der Waals surface area contributed by atoms with Gasteiger partial charge >= 0.3 is 0 Å². The van der Waals surface area contributed by atoms with Crippen molar-refractivity contribution in [3.63, 3.8) is 0 Å². The van der Waals surface area contributed by atoms with Crippen LogP contribution in [0.15, 0.2) is 40.9 Å². The molecule has 1 nitrogen and oxygen atoms in total. The Morgan fingerprint density at radius 3 is 2.63 bits per heavy atom. The highest BCUT2D eigenvalue weighted by Crippen LogP contribution is 2.20. The van der Waals surface area contributed by atoms with Crippen molar-refractivity contribution in [2.24, 2.45) is 0 Å². The summed E-state index contributed by atoms with van der Waals surface area (Å²) in [6, 6.07) is 9.78. The van der Waals surface area contributed by atoms with Crippen LogP contribution in [0.2, 0.25) is 5.02 Å². The van der Waals surface area contributed by atoms with Gasteiger partial charge in [0.15, 0.2) is 5.78 Å². The standard InChI is InChI=1S/C15H11BrClFO/c1-9-6-11(3-4-12(9)16)15(19)8-10-2-5-14(18)13(17)7-10/h2-7H,8H2,1H3. The smallest absolute Gasteiger partial charge is 0.167 e. The summed E-state index contributed by atoms with van der Waals surface area (Å²) < 4.78 is 14.0. The highest BCUT2D eigenvalue weighted by Gasteiger charge is 2.10. The molecule has 2 aromatic rings. The van der Waals surface area contributed by atoms with Gasteiger partial charge in [0, 0.05) is 16.5 Å². The average Bonchev–Trinajstić information content (AvgIpc) is 2.37. The third kappa shape index (κ3) is 3.43. The van der Waals surface area contributed by atoms with Gasteiger partial charge in [-0.2, -0.15) is 0 Å². The summed E-state index contributed by atoms with van der Waals surface area (Å²) in [5, 5.41) is 0.0392. The lowest BCUT2D eigenvalue weighted by atomic mass is 10.0. The molecule has 0 aliphatic rings. The van der Waals surface area contributed by atoms with Gasteiger partial charge in [-0.15, -0.1) is 0 Å². The van der Waals surface area contributed by atoms with Crippen LogP contribution in [0.1, 0.15) is 21.5 Å². The summed E-state index contributed by atoms with van der Waals surface area (Å²) in [7, 11) is 0. The lowest BCUT2D eigenvalue weighted by Gasteiger charge is -2.05. The van der Waals surface area contributed by atoms with E-state index >= 15 is 0 Å². The van der Waals surface area contributed by atoms with E-state index in [1.54, 1.807) is 12.1 Å². The minimum absolute atomic E-state index is 0.0155. The molecule has 2 aromatic carbocycles. The number of ketones is 1. The van der Waals surface area contributed by atoms with Crippen molar-refractivity contribution in [3.8, 4) is 0 Å². The number of hydrogen-bond acceptors (Lipinski definition) is 1. The lowest BCUT2D eigenvalue weighted by molar-refractivity contribution is 0.0993. The molecule has 2 rings (SSSR count). The molecular weight excluding hydrogens is 331 g/mol. The Morgan fingerprint density at radius 2 is 2.00 bits per heavy atom. The first-order chi connectivity index (χ1) is 8.97. The summed E-state index contributed by atoms with van der Waals surface area (Å²) >= 11 is 9.09. The van der Waals surface area contributed by atoms with Gasteiger partial charge in [-0.1, -0.05) is 39.7 Å². The molecule has 0 bridgehead atoms. The molecule has 0 spiro atoms. The van der Waals surface area contributed by atoms with Gasteiger partial charge in [0.1, 0.15) is 5.82 Å². The third-order valence-electron chi connectivity index (χ3n) is 2.83. The molecule has 0 saturated heterocycles. The van der Waals surface area contributed by atoms with E-state index in [1.807, 2.05) is 19.1 Å². The molecule has 98 valence electrons. The van der Waals surface area contributed by atoms with Crippen molar-refractivity contribution in [2.75, 3.05) is 0 Å². The van der Waals surface area contributed by atoms with Crippen molar-refractivity contribution in [3.05, 3.63) is 68.4 Å². The fraction of sp³-hybridized carbons (Fsp3) is 0.133. The summed E-state index contributed by atoms with van der Waals surface area (Å²) in [4.78, 5) is 12.1. The zero-order chi connectivity index (χ0) is 14.0. The average molecular weight is 342 g/mol. The van der Waals surface area contributed by atoms with Crippen LogP contribution in [0.5, 0.6) is 0 Å². The number of Topliss-reactive ketones (excluding diaryl/α,β-unsaturated/α-hetero) is 1. The maximum absolute atomic E-state index is 13.0. The highest BCUT2D eigenvalue weighted by atomic mass is 79.9. The number of rotatable bonds is 3. The Balaban J connectivity index is 2.20. The van der Waals surface area contributed by atoms with Crippen LogP contribution in [0, 0.1) is 12.7 Å². The summed E-state index contributed by atoms with van der Waals surface area (Å²) in [5.41, 5.74) is 2.35. The van der Waals surface area contributed by atoms with E-state index in [2.05, 4.69) is 15.9 Å². The first kappa shape index (κ1) is 14.2. The van der Waals surface area contributed by atoms with Crippen molar-refractivity contribution in [1.29, 1.82) is 0 Å². The second kappa shape index (κ2) is 5.85. The second-order valence-corrected chi connectivity index (χ2v) is 5.57. The first-order valence-corrected chi connectivity index (χ1v) is 6.88. The SMILES string of the molecule is Cc1cc(C(=O)Cc2ccc(F)c(Cl)c2)ccc1Br. The molecule has 0 unspecified atom stereocenters. The van der Waals surface area contributed by atoms with Gasteiger partial charge in [-0.05, 0) is 42.3 Å². The topological polar surface area (TPSA) is 17.1 Å². The van der Waals surface area contributed by atoms with E-state index in [4.69, 9.17) is 11.6 Å². The van der Waals surface area contributed by atoms with Crippen LogP contribution in [0.4, 0.5) is 4.39 Å². The second-order valence-electron chi connectivity index (χ2n) is 4.31. The van der Waals surface area contributed by atoms with Crippen LogP contribution in [-0.2, 0) is 6.42 Å². The van der Waals surface area contributed by atoms with E-state index in [0.29, 0.717) is 11.1 Å². The van der Waals surface area contributed by atoms with Gasteiger partial charge in [-0.25, -0.2) is 4.39 Å². The van der Waals surface area contributed by atoms with Crippen LogP contribution in [0.3, 0.4) is 0 Å². The molecule has 0 radical (unpaired) electrons. The zero-order valence-corrected chi connectivity index (χ0v) is 12.6. The van der Waals surface area contributed by atoms with E-state index in [-0.39, 0.29) is 17.2 Å². The molecule has 0 atom stereocenters. The van der Waals surface area contributed by atoms with Crippen LogP contribution >= 0.6 is 27.5 Å². The number of benzene rings is 2. The largest absolute Gasteiger partial charge is 0.294 e. The molecule has 0 aromatic heterocycles. The molecule has 0 saturated carbocycles. The quantitative estimate of drug-likeness (QED) is 0.720. The normalized spacial score (nSPS) is 10.5. The van der Waals surface area contributed by atoms with Gasteiger partial charge < -0.3 is 0 Å². The monoisotopic (exact) mass is 340 g/mol. The number of carbonyl (C=O) groups is 1. The summed E-state index contributed by atoms with van der Waals surface area (Å²) in [5.74, 6) is -0.490. The van der Waals surface area contributed by atoms with Crippen LogP contribution in [-0.4, -0.2) is 5.78 Å². The molecule has 0 N–H and O–H groups in total. The Labute approximate surface area is 124 Å². The number of aryl methyl sites for hydroxylation is 1. The molecule has 0 fully saturated rings. The van der Waals surface area contributed by atoms with Gasteiger partial charge in [0.25, 0.3) is 0 Å². The van der Waals surface area contributed by atoms with E-state index < -0.39 is 5.82 Å². The molecule has 4 heteroatoms. The summed E-state index contributed by atoms with van der Waals surface area (Å²) in [6.07, 6.45) is 0.209. The fourth-order valence-corrected chi connectivity index (χ4v) is 2.20. The van der Waals surface area contributed by atoms with Crippen molar-refractivity contribution in [2.45, 2.75) is 13.3 Å². The number of carbonyl (C=O) groups excluding carboxylic acids is 1. The van der Waals surface area contributed by atoms with E-state index in [0.717, 1.165) is 10.0 Å². The Kier molecular flexibility index (Phi) is 4.38. The van der Waals surface area contributed by atoms with Crippen LogP contribution < -0.4 is 0 Å². The van der Waals surface area contributed by atoms with E-state index in [1.165, 1.54) is 12.1 Å². The Morgan fingerprint density at radius 1 is 1.26 bits per heavy atom. The molecule has 0 aliphatic carbocycles. The maximum atomic E-state index is 13.0. The molecule has 0 amide bonds. The minimum atomic E-state index is -0.475. The van der Waals surface area contributed by atoms with Gasteiger partial charge in [-0.3, -0.25) is 4.79 Å². The fourth-order valence-electron chi connectivity index (χ4n) is 1.76. The minimum Gasteiger partial charge on any atom is -0.294 e. The first-order valence-electron chi connectivity index (χ1n) is 5.70. The predicted octanol–water partition coefficient (Wildman–Crippen LogP) is 4.98. The summed E-state index contributed by atoms with van der Waals surface area (Å²) in [6.45, 7) is 1.93. The Hall–Kier alpha value is -1.19. The molecular formula is C15H11BrClFO. The highest BCUT2D eigenvalue weighted by molar-refractivity contribution is 9.10. The van der Waals surface area contributed by atoms with E-state index in [9.17, 15) is 9.18 Å². The number of halogens is 3. The third-order valence-corrected chi connectivity index (χ3v) is 4.01. The molecule has 0 aliphatic heterocycles. The predicted molar refractivity (Wildman–Crippen MR) is 78.3 cm³/mol. The zero-order valence-electron chi connectivity index (χ0n) is 10.2. The molecule has 0 heterocycles. The van der Waals surface area contributed by atoms with Crippen molar-refractivity contribution >= 4 is 33.3 Å². The van der Waals surface area contributed by atoms with Gasteiger partial charge in [0.05, 0.1) is 5.02 Å². The Bertz CT molecular complexity index is 640. The van der Waals surface area contributed by atoms with Crippen LogP contribution in [0.25, 0.3) is 0 Å². The van der Waals surface area contributed by atoms with Crippen molar-refractivity contribution < 1.29 is 9.18 Å². The van der Waals surface area contributed by atoms with Gasteiger partial charge in [0.2, 0.25) is 0 Å². The lowest BCUT2D eigenvalue weighted by Crippen LogP contribution is -2.04. The number of hydrogen-bond donors (Lipinski definition) is 0. The molecule has 19 heavy (non-hydrogen) atoms.